The third-order valence-electron chi connectivity index (χ3n) is 6.39. The van der Waals surface area contributed by atoms with Crippen LogP contribution in [0, 0.1) is 11.7 Å². The minimum absolute atomic E-state index is 0.132. The average molecular weight is 411 g/mol. The molecule has 4 heterocycles. The number of aromatic amines is 1. The molecular formula is C22H26FN5O2. The lowest BCUT2D eigenvalue weighted by Gasteiger charge is -2.21. The number of aromatic nitrogens is 4. The van der Waals surface area contributed by atoms with Gasteiger partial charge < -0.3 is 9.72 Å². The fourth-order valence-corrected chi connectivity index (χ4v) is 4.73. The highest BCUT2D eigenvalue weighted by atomic mass is 19.1. The summed E-state index contributed by atoms with van der Waals surface area (Å²) in [6.07, 6.45) is 3.42. The molecule has 30 heavy (non-hydrogen) atoms. The van der Waals surface area contributed by atoms with Gasteiger partial charge in [0.2, 0.25) is 0 Å². The van der Waals surface area contributed by atoms with Crippen molar-refractivity contribution in [1.82, 2.24) is 24.5 Å². The average Bonchev–Trinajstić information content (AvgIpc) is 3.34. The Morgan fingerprint density at radius 3 is 2.73 bits per heavy atom. The quantitative estimate of drug-likeness (QED) is 0.715. The van der Waals surface area contributed by atoms with Crippen LogP contribution in [-0.4, -0.2) is 50.8 Å². The summed E-state index contributed by atoms with van der Waals surface area (Å²) in [5, 5.41) is 4.84. The molecule has 0 aliphatic carbocycles. The number of hydrogen-bond acceptors (Lipinski definition) is 5. The van der Waals surface area contributed by atoms with Gasteiger partial charge in [0.25, 0.3) is 5.56 Å². The van der Waals surface area contributed by atoms with E-state index in [1.54, 1.807) is 10.7 Å². The highest BCUT2D eigenvalue weighted by Gasteiger charge is 2.33. The van der Waals surface area contributed by atoms with Gasteiger partial charge in [-0.2, -0.15) is 5.10 Å². The molecule has 5 rings (SSSR count). The van der Waals surface area contributed by atoms with Crippen LogP contribution in [0.4, 0.5) is 4.39 Å². The largest absolute Gasteiger partial charge is 0.381 e. The highest BCUT2D eigenvalue weighted by Crippen LogP contribution is 2.31. The molecule has 0 bridgehead atoms. The molecule has 2 saturated heterocycles. The lowest BCUT2D eigenvalue weighted by atomic mass is 9.97. The van der Waals surface area contributed by atoms with E-state index in [0.29, 0.717) is 30.5 Å². The first-order chi connectivity index (χ1) is 14.6. The molecule has 1 N–H and O–H groups in total. The minimum Gasteiger partial charge on any atom is -0.381 e. The predicted octanol–water partition coefficient (Wildman–Crippen LogP) is 2.69. The van der Waals surface area contributed by atoms with Gasteiger partial charge in [-0.3, -0.25) is 9.69 Å². The Bertz CT molecular complexity index is 1090. The van der Waals surface area contributed by atoms with Gasteiger partial charge in [0.15, 0.2) is 5.52 Å². The number of nitrogens with one attached hydrogen (secondary N) is 1. The van der Waals surface area contributed by atoms with Crippen LogP contribution in [0.25, 0.3) is 5.52 Å². The summed E-state index contributed by atoms with van der Waals surface area (Å²) in [5.74, 6) is 2.09. The minimum atomic E-state index is -0.220. The Morgan fingerprint density at radius 1 is 1.20 bits per heavy atom. The normalized spacial score (nSPS) is 23.4. The van der Waals surface area contributed by atoms with E-state index in [2.05, 4.69) is 21.8 Å². The molecule has 0 radical (unpaired) electrons. The Morgan fingerprint density at radius 2 is 1.97 bits per heavy atom. The fourth-order valence-electron chi connectivity index (χ4n) is 4.73. The van der Waals surface area contributed by atoms with Crippen LogP contribution in [0.3, 0.4) is 0 Å². The number of likely N-dealkylation sites (tertiary alicyclic amines) is 1. The topological polar surface area (TPSA) is 75.5 Å². The molecule has 2 aromatic heterocycles. The molecule has 0 amide bonds. The number of fused-ring (bicyclic) bond motifs is 1. The number of hydrogen-bond donors (Lipinski definition) is 1. The van der Waals surface area contributed by atoms with Crippen LogP contribution in [0.2, 0.25) is 0 Å². The van der Waals surface area contributed by atoms with Gasteiger partial charge in [-0.1, -0.05) is 19.1 Å². The zero-order valence-electron chi connectivity index (χ0n) is 17.1. The standard InChI is InChI=1S/C22H26FN5O2/c1-14-11-27(12-15-2-4-17(23)5-3-15)13-18(14)20-25-22(29)19-10-24-21(28(19)26-20)16-6-8-30-9-7-16/h2-5,10,14,16,18H,6-9,11-13H2,1H3,(H,25,26,29)/t14-,18-/m1/s1. The lowest BCUT2D eigenvalue weighted by molar-refractivity contribution is 0.0832. The van der Waals surface area contributed by atoms with Crippen molar-refractivity contribution in [3.8, 4) is 0 Å². The molecule has 1 aromatic carbocycles. The zero-order chi connectivity index (χ0) is 20.7. The molecule has 0 unspecified atom stereocenters. The van der Waals surface area contributed by atoms with Gasteiger partial charge in [-0.05, 0) is 36.5 Å². The van der Waals surface area contributed by atoms with Crippen molar-refractivity contribution in [3.05, 3.63) is 63.8 Å². The van der Waals surface area contributed by atoms with Crippen molar-refractivity contribution < 1.29 is 9.13 Å². The summed E-state index contributed by atoms with van der Waals surface area (Å²) in [5.41, 5.74) is 1.43. The molecule has 2 aliphatic heterocycles. The molecular weight excluding hydrogens is 385 g/mol. The summed E-state index contributed by atoms with van der Waals surface area (Å²) in [7, 11) is 0. The number of ether oxygens (including phenoxy) is 1. The van der Waals surface area contributed by atoms with Gasteiger partial charge in [0.05, 0.1) is 6.20 Å². The van der Waals surface area contributed by atoms with E-state index in [1.807, 2.05) is 12.1 Å². The first-order valence-electron chi connectivity index (χ1n) is 10.6. The van der Waals surface area contributed by atoms with Crippen LogP contribution in [0.1, 0.15) is 48.8 Å². The Hall–Kier alpha value is -2.58. The number of halogens is 1. The van der Waals surface area contributed by atoms with Crippen molar-refractivity contribution >= 4 is 5.52 Å². The third-order valence-corrected chi connectivity index (χ3v) is 6.39. The van der Waals surface area contributed by atoms with Crippen molar-refractivity contribution in [1.29, 1.82) is 0 Å². The second-order valence-electron chi connectivity index (χ2n) is 8.54. The Balaban J connectivity index is 1.41. The molecule has 2 fully saturated rings. The molecule has 158 valence electrons. The van der Waals surface area contributed by atoms with E-state index in [0.717, 1.165) is 43.9 Å². The molecule has 2 atom stereocenters. The first-order valence-corrected chi connectivity index (χ1v) is 10.6. The maximum atomic E-state index is 13.2. The second kappa shape index (κ2) is 7.92. The SMILES string of the molecule is C[C@@H]1CN(Cc2ccc(F)cc2)C[C@H]1c1nn2c(C3CCOCC3)ncc2c(=O)[nH]1. The lowest BCUT2D eigenvalue weighted by Crippen LogP contribution is -2.24. The van der Waals surface area contributed by atoms with Gasteiger partial charge >= 0.3 is 0 Å². The van der Waals surface area contributed by atoms with Crippen LogP contribution >= 0.6 is 0 Å². The summed E-state index contributed by atoms with van der Waals surface area (Å²) in [6.45, 7) is 6.08. The maximum absolute atomic E-state index is 13.2. The van der Waals surface area contributed by atoms with Crippen LogP contribution < -0.4 is 5.56 Å². The highest BCUT2D eigenvalue weighted by molar-refractivity contribution is 5.42. The summed E-state index contributed by atoms with van der Waals surface area (Å²) in [6, 6.07) is 6.64. The molecule has 7 nitrogen and oxygen atoms in total. The van der Waals surface area contributed by atoms with E-state index in [9.17, 15) is 9.18 Å². The smallest absolute Gasteiger partial charge is 0.276 e. The van der Waals surface area contributed by atoms with Gasteiger partial charge in [-0.15, -0.1) is 0 Å². The first kappa shape index (κ1) is 19.4. The van der Waals surface area contributed by atoms with E-state index in [1.165, 1.54) is 12.1 Å². The van der Waals surface area contributed by atoms with Gasteiger partial charge in [0, 0.05) is 44.7 Å². The van der Waals surface area contributed by atoms with Gasteiger partial charge in [-0.25, -0.2) is 13.9 Å². The predicted molar refractivity (Wildman–Crippen MR) is 110 cm³/mol. The summed E-state index contributed by atoms with van der Waals surface area (Å²) >= 11 is 0. The monoisotopic (exact) mass is 411 g/mol. The summed E-state index contributed by atoms with van der Waals surface area (Å²) in [4.78, 5) is 22.6. The van der Waals surface area contributed by atoms with E-state index in [-0.39, 0.29) is 23.2 Å². The Kier molecular flexibility index (Phi) is 5.12. The Labute approximate surface area is 173 Å². The number of rotatable bonds is 4. The number of nitrogens with zero attached hydrogens (tertiary/aromatic N) is 4. The molecule has 3 aromatic rings. The number of H-pyrrole nitrogens is 1. The van der Waals surface area contributed by atoms with E-state index in [4.69, 9.17) is 9.84 Å². The fraction of sp³-hybridized carbons (Fsp3) is 0.500. The van der Waals surface area contributed by atoms with E-state index >= 15 is 0 Å². The van der Waals surface area contributed by atoms with E-state index < -0.39 is 0 Å². The van der Waals surface area contributed by atoms with Crippen molar-refractivity contribution in [2.75, 3.05) is 26.3 Å². The van der Waals surface area contributed by atoms with Gasteiger partial charge in [0.1, 0.15) is 17.5 Å². The molecule has 0 saturated carbocycles. The molecule has 8 heteroatoms. The maximum Gasteiger partial charge on any atom is 0.276 e. The van der Waals surface area contributed by atoms with Crippen LogP contribution in [-0.2, 0) is 11.3 Å². The van der Waals surface area contributed by atoms with Crippen LogP contribution in [0.5, 0.6) is 0 Å². The third kappa shape index (κ3) is 3.65. The van der Waals surface area contributed by atoms with Crippen molar-refractivity contribution in [3.63, 3.8) is 0 Å². The van der Waals surface area contributed by atoms with Crippen molar-refractivity contribution in [2.24, 2.45) is 5.92 Å². The number of imidazole rings is 1. The van der Waals surface area contributed by atoms with Crippen molar-refractivity contribution in [2.45, 2.75) is 38.1 Å². The number of benzene rings is 1. The van der Waals surface area contributed by atoms with Crippen LogP contribution in [0.15, 0.2) is 35.3 Å². The molecule has 2 aliphatic rings. The zero-order valence-corrected chi connectivity index (χ0v) is 17.1. The summed E-state index contributed by atoms with van der Waals surface area (Å²) < 4.78 is 20.4. The second-order valence-corrected chi connectivity index (χ2v) is 8.54. The molecule has 0 spiro atoms.